The molecule has 4 nitrogen and oxygen atoms in total. The highest BCUT2D eigenvalue weighted by Crippen LogP contribution is 2.40. The molecule has 0 bridgehead atoms. The molecular weight excluding hydrogens is 206 g/mol. The fourth-order valence-electron chi connectivity index (χ4n) is 2.29. The van der Waals surface area contributed by atoms with Gasteiger partial charge in [0, 0.05) is 12.6 Å². The highest BCUT2D eigenvalue weighted by molar-refractivity contribution is 5.03. The van der Waals surface area contributed by atoms with Gasteiger partial charge in [-0.25, -0.2) is 0 Å². The molecule has 1 heterocycles. The minimum absolute atomic E-state index is 0.0325. The Morgan fingerprint density at radius 2 is 1.94 bits per heavy atom. The smallest absolute Gasteiger partial charge is 0.0795 e. The summed E-state index contributed by atoms with van der Waals surface area (Å²) >= 11 is 0. The van der Waals surface area contributed by atoms with Crippen molar-refractivity contribution in [1.82, 2.24) is 5.06 Å². The maximum Gasteiger partial charge on any atom is 0.0795 e. The summed E-state index contributed by atoms with van der Waals surface area (Å²) in [6.45, 7) is 10.6. The number of hydrogen-bond acceptors (Lipinski definition) is 4. The summed E-state index contributed by atoms with van der Waals surface area (Å²) < 4.78 is 11.0. The average Bonchev–Trinajstić information content (AvgIpc) is 2.35. The molecule has 1 aliphatic rings. The number of nitrogens with zero attached hydrogens (tertiary/aromatic N) is 1. The third-order valence-corrected chi connectivity index (χ3v) is 3.53. The summed E-state index contributed by atoms with van der Waals surface area (Å²) in [5.41, 5.74) is -0.582. The van der Waals surface area contributed by atoms with Crippen molar-refractivity contribution in [2.45, 2.75) is 64.3 Å². The van der Waals surface area contributed by atoms with Gasteiger partial charge < -0.3 is 14.7 Å². The second kappa shape index (κ2) is 4.61. The van der Waals surface area contributed by atoms with Crippen LogP contribution in [0.3, 0.4) is 0 Å². The SMILES string of the molecule is COC(C)COC1CC(C)(C)N(O)C1(C)C. The molecular formula is C12H25NO3. The van der Waals surface area contributed by atoms with Gasteiger partial charge in [-0.15, -0.1) is 0 Å². The maximum absolute atomic E-state index is 10.1. The van der Waals surface area contributed by atoms with Gasteiger partial charge in [-0.1, -0.05) is 0 Å². The van der Waals surface area contributed by atoms with Crippen molar-refractivity contribution in [1.29, 1.82) is 0 Å². The van der Waals surface area contributed by atoms with E-state index in [0.717, 1.165) is 6.42 Å². The summed E-state index contributed by atoms with van der Waals surface area (Å²) in [7, 11) is 1.68. The number of methoxy groups -OCH3 is 1. The van der Waals surface area contributed by atoms with Crippen molar-refractivity contribution in [2.24, 2.45) is 0 Å². The Morgan fingerprint density at radius 1 is 1.38 bits per heavy atom. The Hall–Kier alpha value is -0.160. The Morgan fingerprint density at radius 3 is 2.31 bits per heavy atom. The number of ether oxygens (including phenoxy) is 2. The van der Waals surface area contributed by atoms with Crippen LogP contribution in [0.15, 0.2) is 0 Å². The molecule has 0 aromatic heterocycles. The van der Waals surface area contributed by atoms with Crippen molar-refractivity contribution in [3.63, 3.8) is 0 Å². The molecule has 1 rings (SSSR count). The first-order valence-corrected chi connectivity index (χ1v) is 5.85. The van der Waals surface area contributed by atoms with E-state index in [0.29, 0.717) is 6.61 Å². The highest BCUT2D eigenvalue weighted by Gasteiger charge is 2.52. The van der Waals surface area contributed by atoms with E-state index in [9.17, 15) is 5.21 Å². The molecule has 0 saturated carbocycles. The number of rotatable bonds is 4. The van der Waals surface area contributed by atoms with E-state index in [1.165, 1.54) is 5.06 Å². The Balaban J connectivity index is 2.62. The molecule has 0 amide bonds. The summed E-state index contributed by atoms with van der Waals surface area (Å²) in [5.74, 6) is 0. The molecule has 1 N–H and O–H groups in total. The van der Waals surface area contributed by atoms with Gasteiger partial charge in [0.25, 0.3) is 0 Å². The Kier molecular flexibility index (Phi) is 4.00. The van der Waals surface area contributed by atoms with Gasteiger partial charge >= 0.3 is 0 Å². The van der Waals surface area contributed by atoms with E-state index >= 15 is 0 Å². The molecule has 96 valence electrons. The second-order valence-electron chi connectivity index (χ2n) is 5.85. The lowest BCUT2D eigenvalue weighted by Gasteiger charge is -2.35. The second-order valence-corrected chi connectivity index (χ2v) is 5.85. The lowest BCUT2D eigenvalue weighted by molar-refractivity contribution is -0.205. The highest BCUT2D eigenvalue weighted by atomic mass is 16.6. The monoisotopic (exact) mass is 231 g/mol. The van der Waals surface area contributed by atoms with E-state index in [2.05, 4.69) is 0 Å². The zero-order chi connectivity index (χ0) is 12.6. The molecule has 4 heteroatoms. The predicted octanol–water partition coefficient (Wildman–Crippen LogP) is 2.06. The van der Waals surface area contributed by atoms with E-state index in [4.69, 9.17) is 9.47 Å². The van der Waals surface area contributed by atoms with Crippen molar-refractivity contribution in [3.05, 3.63) is 0 Å². The van der Waals surface area contributed by atoms with E-state index in [1.54, 1.807) is 7.11 Å². The summed E-state index contributed by atoms with van der Waals surface area (Å²) in [4.78, 5) is 0. The quantitative estimate of drug-likeness (QED) is 0.804. The third-order valence-electron chi connectivity index (χ3n) is 3.53. The van der Waals surface area contributed by atoms with Crippen LogP contribution in [0, 0.1) is 0 Å². The van der Waals surface area contributed by atoms with Crippen LogP contribution in [-0.4, -0.2) is 47.3 Å². The molecule has 2 atom stereocenters. The lowest BCUT2D eigenvalue weighted by Crippen LogP contribution is -2.49. The van der Waals surface area contributed by atoms with E-state index in [1.807, 2.05) is 34.6 Å². The molecule has 2 unspecified atom stereocenters. The van der Waals surface area contributed by atoms with Crippen LogP contribution in [0.1, 0.15) is 41.0 Å². The van der Waals surface area contributed by atoms with Crippen LogP contribution < -0.4 is 0 Å². The first-order chi connectivity index (χ1) is 7.21. The minimum Gasteiger partial charge on any atom is -0.379 e. The minimum atomic E-state index is -0.350. The van der Waals surface area contributed by atoms with Gasteiger partial charge in [0.15, 0.2) is 0 Å². The van der Waals surface area contributed by atoms with Crippen LogP contribution in [0.2, 0.25) is 0 Å². The summed E-state index contributed by atoms with van der Waals surface area (Å²) in [6.07, 6.45) is 0.948. The maximum atomic E-state index is 10.1. The molecule has 0 aromatic carbocycles. The van der Waals surface area contributed by atoms with Crippen LogP contribution in [-0.2, 0) is 9.47 Å². The van der Waals surface area contributed by atoms with Crippen molar-refractivity contribution in [2.75, 3.05) is 13.7 Å². The van der Waals surface area contributed by atoms with Gasteiger partial charge in [-0.05, 0) is 41.0 Å². The van der Waals surface area contributed by atoms with E-state index in [-0.39, 0.29) is 23.3 Å². The molecule has 0 aliphatic carbocycles. The third kappa shape index (κ3) is 2.56. The molecule has 1 saturated heterocycles. The van der Waals surface area contributed by atoms with Gasteiger partial charge in [0.1, 0.15) is 0 Å². The fraction of sp³-hybridized carbons (Fsp3) is 1.00. The molecule has 0 radical (unpaired) electrons. The topological polar surface area (TPSA) is 41.9 Å². The summed E-state index contributed by atoms with van der Waals surface area (Å²) in [6, 6.07) is 0. The summed E-state index contributed by atoms with van der Waals surface area (Å²) in [5, 5.41) is 11.5. The van der Waals surface area contributed by atoms with Crippen LogP contribution in [0.25, 0.3) is 0 Å². The first-order valence-electron chi connectivity index (χ1n) is 5.85. The Labute approximate surface area is 98.5 Å². The molecule has 1 aliphatic heterocycles. The van der Waals surface area contributed by atoms with Gasteiger partial charge in [0.2, 0.25) is 0 Å². The lowest BCUT2D eigenvalue weighted by atomic mass is 9.97. The van der Waals surface area contributed by atoms with Crippen molar-refractivity contribution in [3.8, 4) is 0 Å². The average molecular weight is 231 g/mol. The number of hydrogen-bond donors (Lipinski definition) is 1. The van der Waals surface area contributed by atoms with E-state index < -0.39 is 0 Å². The van der Waals surface area contributed by atoms with Gasteiger partial charge in [-0.3, -0.25) is 0 Å². The zero-order valence-corrected chi connectivity index (χ0v) is 11.3. The van der Waals surface area contributed by atoms with Crippen molar-refractivity contribution < 1.29 is 14.7 Å². The van der Waals surface area contributed by atoms with Crippen LogP contribution in [0.4, 0.5) is 0 Å². The largest absolute Gasteiger partial charge is 0.379 e. The molecule has 0 aromatic rings. The molecule has 16 heavy (non-hydrogen) atoms. The van der Waals surface area contributed by atoms with Gasteiger partial charge in [0.05, 0.1) is 24.4 Å². The van der Waals surface area contributed by atoms with Crippen LogP contribution in [0.5, 0.6) is 0 Å². The first kappa shape index (κ1) is 13.9. The Bertz CT molecular complexity index is 240. The normalized spacial score (nSPS) is 30.6. The molecule has 1 fully saturated rings. The van der Waals surface area contributed by atoms with Crippen LogP contribution >= 0.6 is 0 Å². The van der Waals surface area contributed by atoms with Gasteiger partial charge in [-0.2, -0.15) is 5.06 Å². The molecule has 0 spiro atoms. The standard InChI is InChI=1S/C12H25NO3/c1-9(15-6)8-16-10-7-11(2,3)13(14)12(10,4)5/h9-10,14H,7-8H2,1-6H3. The predicted molar refractivity (Wildman–Crippen MR) is 62.6 cm³/mol. The fourth-order valence-corrected chi connectivity index (χ4v) is 2.29. The zero-order valence-electron chi connectivity index (χ0n) is 11.3. The number of hydroxylamine groups is 2. The van der Waals surface area contributed by atoms with Crippen molar-refractivity contribution >= 4 is 0 Å².